The van der Waals surface area contributed by atoms with Gasteiger partial charge in [0.05, 0.1) is 16.1 Å². The molecular formula is C31H40N6O2S. The number of para-hydroxylation sites is 1. The van der Waals surface area contributed by atoms with E-state index in [0.717, 1.165) is 74.1 Å². The summed E-state index contributed by atoms with van der Waals surface area (Å²) in [4.78, 5) is 12.5. The van der Waals surface area contributed by atoms with Crippen molar-refractivity contribution in [2.45, 2.75) is 63.4 Å². The lowest BCUT2D eigenvalue weighted by molar-refractivity contribution is 0.155. The summed E-state index contributed by atoms with van der Waals surface area (Å²) >= 11 is 0. The van der Waals surface area contributed by atoms with Crippen molar-refractivity contribution in [3.05, 3.63) is 72.6 Å². The standard InChI is InChI=1S/C31H40N6O2S/c1-4-23-21-33-31(34-24(5-2)20-25(6-3)36-18-16-32-17-19-36)35-30(23)28-22-37(29-15-11-10-14-27(28)29)40(38,39)26-12-8-7-9-13-26/h7-15,21-22,24-25,32H,4-6,16-20H2,1-3H3,(H,33,34,35). The number of hydrogen-bond acceptors (Lipinski definition) is 7. The molecule has 0 aliphatic carbocycles. The number of fused-ring (bicyclic) bond motifs is 1. The van der Waals surface area contributed by atoms with Crippen molar-refractivity contribution in [2.24, 2.45) is 0 Å². The Morgan fingerprint density at radius 1 is 0.975 bits per heavy atom. The van der Waals surface area contributed by atoms with E-state index < -0.39 is 10.0 Å². The number of anilines is 1. The number of hydrogen-bond donors (Lipinski definition) is 2. The molecule has 0 saturated carbocycles. The van der Waals surface area contributed by atoms with Crippen molar-refractivity contribution < 1.29 is 8.42 Å². The van der Waals surface area contributed by atoms with Crippen LogP contribution in [0.5, 0.6) is 0 Å². The topological polar surface area (TPSA) is 92.2 Å². The third-order valence-electron chi connectivity index (χ3n) is 8.00. The van der Waals surface area contributed by atoms with E-state index >= 15 is 0 Å². The van der Waals surface area contributed by atoms with Gasteiger partial charge in [-0.05, 0) is 49.4 Å². The van der Waals surface area contributed by atoms with Crippen molar-refractivity contribution >= 4 is 26.9 Å². The maximum atomic E-state index is 13.7. The summed E-state index contributed by atoms with van der Waals surface area (Å²) in [6.45, 7) is 10.8. The molecule has 212 valence electrons. The van der Waals surface area contributed by atoms with Crippen LogP contribution in [0.25, 0.3) is 22.2 Å². The molecule has 0 spiro atoms. The second kappa shape index (κ2) is 12.5. The molecule has 1 fully saturated rings. The molecule has 40 heavy (non-hydrogen) atoms. The molecule has 1 saturated heterocycles. The minimum Gasteiger partial charge on any atom is -0.351 e. The van der Waals surface area contributed by atoms with Crippen molar-refractivity contribution in [1.82, 2.24) is 24.2 Å². The molecule has 2 aromatic heterocycles. The molecular weight excluding hydrogens is 520 g/mol. The van der Waals surface area contributed by atoms with Crippen molar-refractivity contribution in [1.29, 1.82) is 0 Å². The van der Waals surface area contributed by atoms with E-state index in [1.807, 2.05) is 36.5 Å². The van der Waals surface area contributed by atoms with Crippen molar-refractivity contribution in [3.63, 3.8) is 0 Å². The van der Waals surface area contributed by atoms with Gasteiger partial charge in [0.2, 0.25) is 5.95 Å². The second-order valence-corrected chi connectivity index (χ2v) is 12.2. The van der Waals surface area contributed by atoms with Gasteiger partial charge < -0.3 is 10.6 Å². The molecule has 1 aliphatic rings. The highest BCUT2D eigenvalue weighted by Gasteiger charge is 2.25. The fourth-order valence-electron chi connectivity index (χ4n) is 5.67. The van der Waals surface area contributed by atoms with Crippen LogP contribution in [0.4, 0.5) is 5.95 Å². The van der Waals surface area contributed by atoms with Gasteiger partial charge >= 0.3 is 0 Å². The fraction of sp³-hybridized carbons (Fsp3) is 0.419. The number of nitrogens with zero attached hydrogens (tertiary/aromatic N) is 4. The monoisotopic (exact) mass is 560 g/mol. The van der Waals surface area contributed by atoms with E-state index in [1.54, 1.807) is 30.5 Å². The molecule has 1 aliphatic heterocycles. The predicted molar refractivity (Wildman–Crippen MR) is 162 cm³/mol. The Bertz CT molecular complexity index is 1530. The SMILES string of the molecule is CCc1cnc(NC(CC)CC(CC)N2CCNCC2)nc1-c1cn(S(=O)(=O)c2ccccc2)c2ccccc12. The summed E-state index contributed by atoms with van der Waals surface area (Å²) in [6, 6.07) is 16.9. The predicted octanol–water partition coefficient (Wildman–Crippen LogP) is 5.16. The number of nitrogens with one attached hydrogen (secondary N) is 2. The third kappa shape index (κ3) is 5.77. The zero-order chi connectivity index (χ0) is 28.1. The molecule has 4 aromatic rings. The Kier molecular flexibility index (Phi) is 8.83. The van der Waals surface area contributed by atoms with Gasteiger partial charge in [0.15, 0.2) is 0 Å². The molecule has 2 unspecified atom stereocenters. The van der Waals surface area contributed by atoms with Gasteiger partial charge in [-0.25, -0.2) is 22.4 Å². The number of aryl methyl sites for hydroxylation is 1. The lowest BCUT2D eigenvalue weighted by Gasteiger charge is -2.36. The zero-order valence-corrected chi connectivity index (χ0v) is 24.5. The minimum absolute atomic E-state index is 0.236. The van der Waals surface area contributed by atoms with Crippen molar-refractivity contribution in [3.8, 4) is 11.3 Å². The highest BCUT2D eigenvalue weighted by molar-refractivity contribution is 7.90. The van der Waals surface area contributed by atoms with Gasteiger partial charge in [-0.1, -0.05) is 57.2 Å². The molecule has 9 heteroatoms. The summed E-state index contributed by atoms with van der Waals surface area (Å²) in [7, 11) is -3.78. The second-order valence-electron chi connectivity index (χ2n) is 10.4. The fourth-order valence-corrected chi connectivity index (χ4v) is 7.06. The van der Waals surface area contributed by atoms with Gasteiger partial charge in [-0.3, -0.25) is 4.90 Å². The highest BCUT2D eigenvalue weighted by atomic mass is 32.2. The van der Waals surface area contributed by atoms with E-state index in [-0.39, 0.29) is 10.9 Å². The van der Waals surface area contributed by atoms with Gasteiger partial charge in [0, 0.05) is 61.6 Å². The van der Waals surface area contributed by atoms with Gasteiger partial charge in [0.25, 0.3) is 10.0 Å². The largest absolute Gasteiger partial charge is 0.351 e. The zero-order valence-electron chi connectivity index (χ0n) is 23.7. The van der Waals surface area contributed by atoms with Gasteiger partial charge in [-0.2, -0.15) is 0 Å². The van der Waals surface area contributed by atoms with Crippen LogP contribution >= 0.6 is 0 Å². The van der Waals surface area contributed by atoms with Crippen LogP contribution in [0.15, 0.2) is 71.9 Å². The van der Waals surface area contributed by atoms with Crippen LogP contribution in [0.1, 0.15) is 45.6 Å². The summed E-state index contributed by atoms with van der Waals surface area (Å²) in [6.07, 6.45) is 7.42. The minimum atomic E-state index is -3.78. The maximum Gasteiger partial charge on any atom is 0.268 e. The summed E-state index contributed by atoms with van der Waals surface area (Å²) in [5, 5.41) is 7.91. The van der Waals surface area contributed by atoms with E-state index in [9.17, 15) is 8.42 Å². The number of benzene rings is 2. The molecule has 0 amide bonds. The van der Waals surface area contributed by atoms with Crippen molar-refractivity contribution in [2.75, 3.05) is 31.5 Å². The van der Waals surface area contributed by atoms with Crippen LogP contribution in [0.2, 0.25) is 0 Å². The first-order chi connectivity index (χ1) is 19.5. The molecule has 2 N–H and O–H groups in total. The lowest BCUT2D eigenvalue weighted by Crippen LogP contribution is -2.49. The van der Waals surface area contributed by atoms with Gasteiger partial charge in [0.1, 0.15) is 0 Å². The van der Waals surface area contributed by atoms with E-state index in [4.69, 9.17) is 4.98 Å². The number of piperazine rings is 1. The van der Waals surface area contributed by atoms with Crippen LogP contribution in [-0.2, 0) is 16.4 Å². The Hall–Kier alpha value is -3.27. The molecule has 0 radical (unpaired) electrons. The third-order valence-corrected chi connectivity index (χ3v) is 9.69. The summed E-state index contributed by atoms with van der Waals surface area (Å²) in [5.74, 6) is 0.581. The first-order valence-corrected chi connectivity index (χ1v) is 15.9. The Labute approximate surface area is 237 Å². The normalized spacial score (nSPS) is 16.2. The molecule has 8 nitrogen and oxygen atoms in total. The highest BCUT2D eigenvalue weighted by Crippen LogP contribution is 2.34. The first-order valence-electron chi connectivity index (χ1n) is 14.4. The average Bonchev–Trinajstić information content (AvgIpc) is 3.40. The number of aromatic nitrogens is 3. The molecule has 2 atom stereocenters. The molecule has 5 rings (SSSR count). The maximum absolute atomic E-state index is 13.7. The van der Waals surface area contributed by atoms with E-state index in [2.05, 4.69) is 41.3 Å². The van der Waals surface area contributed by atoms with Crippen LogP contribution in [0.3, 0.4) is 0 Å². The lowest BCUT2D eigenvalue weighted by atomic mass is 10.0. The van der Waals surface area contributed by atoms with Crippen LogP contribution in [-0.4, -0.2) is 65.5 Å². The summed E-state index contributed by atoms with van der Waals surface area (Å²) < 4.78 is 28.7. The first kappa shape index (κ1) is 28.3. The summed E-state index contributed by atoms with van der Waals surface area (Å²) in [5.41, 5.74) is 3.16. The Morgan fingerprint density at radius 3 is 2.40 bits per heavy atom. The molecule has 0 bridgehead atoms. The van der Waals surface area contributed by atoms with E-state index in [0.29, 0.717) is 17.5 Å². The average molecular weight is 561 g/mol. The van der Waals surface area contributed by atoms with E-state index in [1.165, 1.54) is 3.97 Å². The smallest absolute Gasteiger partial charge is 0.268 e. The molecule has 2 aromatic carbocycles. The Morgan fingerprint density at radius 2 is 1.70 bits per heavy atom. The quantitative estimate of drug-likeness (QED) is 0.262. The molecule has 3 heterocycles. The number of rotatable bonds is 11. The Balaban J connectivity index is 1.50. The van der Waals surface area contributed by atoms with Crippen LogP contribution in [0, 0.1) is 0 Å². The van der Waals surface area contributed by atoms with Crippen LogP contribution < -0.4 is 10.6 Å². The van der Waals surface area contributed by atoms with Gasteiger partial charge in [-0.15, -0.1) is 0 Å².